The number of amides is 1. The van der Waals surface area contributed by atoms with Crippen LogP contribution in [0.15, 0.2) is 18.3 Å². The van der Waals surface area contributed by atoms with E-state index in [2.05, 4.69) is 16.8 Å². The van der Waals surface area contributed by atoms with Crippen molar-refractivity contribution in [1.82, 2.24) is 9.88 Å². The van der Waals surface area contributed by atoms with Crippen LogP contribution in [0.2, 0.25) is 0 Å². The van der Waals surface area contributed by atoms with E-state index in [0.29, 0.717) is 17.8 Å². The lowest BCUT2D eigenvalue weighted by Gasteiger charge is -2.37. The van der Waals surface area contributed by atoms with Gasteiger partial charge in [-0.2, -0.15) is 0 Å². The van der Waals surface area contributed by atoms with Crippen molar-refractivity contribution in [3.05, 3.63) is 24.0 Å². The Labute approximate surface area is 127 Å². The fourth-order valence-corrected chi connectivity index (χ4v) is 3.01. The fourth-order valence-electron chi connectivity index (χ4n) is 3.01. The molecule has 0 atom stereocenters. The topological polar surface area (TPSA) is 62.5 Å². The predicted octanol–water partition coefficient (Wildman–Crippen LogP) is 1.88. The van der Waals surface area contributed by atoms with Gasteiger partial charge in [-0.05, 0) is 44.7 Å². The zero-order valence-corrected chi connectivity index (χ0v) is 13.2. The number of nitrogens with zero attached hydrogens (tertiary/aromatic N) is 3. The van der Waals surface area contributed by atoms with Gasteiger partial charge in [0.25, 0.3) is 5.91 Å². The van der Waals surface area contributed by atoms with Gasteiger partial charge in [0.1, 0.15) is 5.69 Å². The Bertz CT molecular complexity index is 481. The van der Waals surface area contributed by atoms with Crippen molar-refractivity contribution in [3.63, 3.8) is 0 Å². The molecule has 21 heavy (non-hydrogen) atoms. The van der Waals surface area contributed by atoms with Gasteiger partial charge in [-0.15, -0.1) is 0 Å². The quantitative estimate of drug-likeness (QED) is 0.919. The molecule has 116 valence electrons. The maximum absolute atomic E-state index is 12.1. The highest BCUT2D eigenvalue weighted by Gasteiger charge is 2.24. The molecule has 1 saturated carbocycles. The van der Waals surface area contributed by atoms with Crippen LogP contribution in [-0.2, 0) is 0 Å². The molecule has 0 aliphatic heterocycles. The zero-order valence-electron chi connectivity index (χ0n) is 13.2. The molecule has 1 aromatic heterocycles. The lowest BCUT2D eigenvalue weighted by molar-refractivity contribution is 0.0822. The normalized spacial score (nSPS) is 21.9. The summed E-state index contributed by atoms with van der Waals surface area (Å²) < 4.78 is 0. The van der Waals surface area contributed by atoms with Gasteiger partial charge in [0.15, 0.2) is 0 Å². The first-order chi connectivity index (χ1) is 10.0. The van der Waals surface area contributed by atoms with Gasteiger partial charge in [-0.3, -0.25) is 9.78 Å². The van der Waals surface area contributed by atoms with Gasteiger partial charge >= 0.3 is 0 Å². The van der Waals surface area contributed by atoms with Crippen LogP contribution in [0.25, 0.3) is 0 Å². The molecule has 1 aromatic rings. The largest absolute Gasteiger partial charge is 0.369 e. The van der Waals surface area contributed by atoms with E-state index in [1.165, 1.54) is 0 Å². The van der Waals surface area contributed by atoms with Gasteiger partial charge in [0.2, 0.25) is 0 Å². The minimum atomic E-state index is -0.0569. The molecule has 1 heterocycles. The van der Waals surface area contributed by atoms with Crippen LogP contribution >= 0.6 is 0 Å². The van der Waals surface area contributed by atoms with Crippen molar-refractivity contribution < 1.29 is 4.79 Å². The first kappa shape index (κ1) is 15.8. The van der Waals surface area contributed by atoms with Crippen LogP contribution in [0.4, 0.5) is 5.69 Å². The van der Waals surface area contributed by atoms with Crippen molar-refractivity contribution >= 4 is 11.6 Å². The highest BCUT2D eigenvalue weighted by atomic mass is 16.2. The van der Waals surface area contributed by atoms with Crippen LogP contribution in [-0.4, -0.2) is 48.5 Å². The molecule has 0 spiro atoms. The van der Waals surface area contributed by atoms with Gasteiger partial charge in [-0.25, -0.2) is 0 Å². The van der Waals surface area contributed by atoms with Gasteiger partial charge in [0.05, 0.1) is 0 Å². The van der Waals surface area contributed by atoms with E-state index in [1.54, 1.807) is 25.2 Å². The second-order valence-electron chi connectivity index (χ2n) is 5.95. The molecule has 5 nitrogen and oxygen atoms in total. The van der Waals surface area contributed by atoms with E-state index < -0.39 is 0 Å². The molecule has 0 bridgehead atoms. The van der Waals surface area contributed by atoms with Gasteiger partial charge in [-0.1, -0.05) is 0 Å². The lowest BCUT2D eigenvalue weighted by Crippen LogP contribution is -2.41. The Morgan fingerprint density at radius 3 is 2.57 bits per heavy atom. The molecule has 0 unspecified atom stereocenters. The van der Waals surface area contributed by atoms with Crippen LogP contribution in [0, 0.1) is 0 Å². The molecular formula is C16H26N4O. The second-order valence-corrected chi connectivity index (χ2v) is 5.95. The Balaban J connectivity index is 2.18. The minimum Gasteiger partial charge on any atom is -0.369 e. The van der Waals surface area contributed by atoms with Gasteiger partial charge in [0, 0.05) is 44.6 Å². The van der Waals surface area contributed by atoms with Crippen LogP contribution < -0.4 is 10.6 Å². The van der Waals surface area contributed by atoms with Crippen LogP contribution in [0.1, 0.15) is 43.1 Å². The molecule has 1 fully saturated rings. The number of rotatable bonds is 4. The summed E-state index contributed by atoms with van der Waals surface area (Å²) in [5, 5.41) is 0. The number of carbonyl (C=O) groups excluding carboxylic acids is 1. The lowest BCUT2D eigenvalue weighted by atomic mass is 9.90. The van der Waals surface area contributed by atoms with Crippen molar-refractivity contribution in [2.75, 3.05) is 25.5 Å². The Morgan fingerprint density at radius 2 is 2.00 bits per heavy atom. The standard InChI is InChI=1S/C16H26N4O/c1-4-20(13-7-5-12(17)6-8-13)14-9-10-18-15(11-14)16(21)19(2)3/h9-13H,4-8,17H2,1-3H3. The first-order valence-corrected chi connectivity index (χ1v) is 7.72. The average molecular weight is 290 g/mol. The SMILES string of the molecule is CCN(c1ccnc(C(=O)N(C)C)c1)C1CCC(N)CC1. The summed E-state index contributed by atoms with van der Waals surface area (Å²) in [7, 11) is 3.49. The van der Waals surface area contributed by atoms with Crippen LogP contribution in [0.3, 0.4) is 0 Å². The molecule has 2 rings (SSSR count). The number of nitrogens with two attached hydrogens (primary N) is 1. The summed E-state index contributed by atoms with van der Waals surface area (Å²) in [6, 6.07) is 4.76. The third-order valence-electron chi connectivity index (χ3n) is 4.22. The number of aromatic nitrogens is 1. The monoisotopic (exact) mass is 290 g/mol. The van der Waals surface area contributed by atoms with Crippen molar-refractivity contribution in [2.45, 2.75) is 44.7 Å². The summed E-state index contributed by atoms with van der Waals surface area (Å²) in [6.45, 7) is 3.09. The van der Waals surface area contributed by atoms with E-state index in [0.717, 1.165) is 37.9 Å². The number of anilines is 1. The van der Waals surface area contributed by atoms with Gasteiger partial charge < -0.3 is 15.5 Å². The van der Waals surface area contributed by atoms with E-state index in [4.69, 9.17) is 5.73 Å². The third-order valence-corrected chi connectivity index (χ3v) is 4.22. The van der Waals surface area contributed by atoms with E-state index in [1.807, 2.05) is 12.1 Å². The fraction of sp³-hybridized carbons (Fsp3) is 0.625. The summed E-state index contributed by atoms with van der Waals surface area (Å²) in [5.74, 6) is -0.0569. The van der Waals surface area contributed by atoms with Crippen LogP contribution in [0.5, 0.6) is 0 Å². The van der Waals surface area contributed by atoms with Crippen molar-refractivity contribution in [1.29, 1.82) is 0 Å². The second kappa shape index (κ2) is 6.89. The zero-order chi connectivity index (χ0) is 15.4. The Hall–Kier alpha value is -1.62. The molecular weight excluding hydrogens is 264 g/mol. The molecule has 2 N–H and O–H groups in total. The number of hydrogen-bond acceptors (Lipinski definition) is 4. The molecule has 0 radical (unpaired) electrons. The van der Waals surface area contributed by atoms with E-state index in [9.17, 15) is 4.79 Å². The first-order valence-electron chi connectivity index (χ1n) is 7.72. The summed E-state index contributed by atoms with van der Waals surface area (Å²) in [6.07, 6.45) is 6.12. The summed E-state index contributed by atoms with van der Waals surface area (Å²) in [5.41, 5.74) is 7.58. The minimum absolute atomic E-state index is 0.0569. The molecule has 0 aromatic carbocycles. The maximum Gasteiger partial charge on any atom is 0.272 e. The summed E-state index contributed by atoms with van der Waals surface area (Å²) in [4.78, 5) is 20.2. The van der Waals surface area contributed by atoms with E-state index in [-0.39, 0.29) is 5.91 Å². The molecule has 0 saturated heterocycles. The highest BCUT2D eigenvalue weighted by Crippen LogP contribution is 2.27. The average Bonchev–Trinajstić information content (AvgIpc) is 2.49. The van der Waals surface area contributed by atoms with E-state index >= 15 is 0 Å². The Kier molecular flexibility index (Phi) is 5.17. The Morgan fingerprint density at radius 1 is 1.33 bits per heavy atom. The third kappa shape index (κ3) is 3.73. The molecule has 1 aliphatic rings. The molecule has 1 aliphatic carbocycles. The maximum atomic E-state index is 12.1. The molecule has 1 amide bonds. The number of pyridine rings is 1. The smallest absolute Gasteiger partial charge is 0.272 e. The molecule has 5 heteroatoms. The highest BCUT2D eigenvalue weighted by molar-refractivity contribution is 5.92. The predicted molar refractivity (Wildman–Crippen MR) is 85.5 cm³/mol. The summed E-state index contributed by atoms with van der Waals surface area (Å²) >= 11 is 0. The number of hydrogen-bond donors (Lipinski definition) is 1. The number of carbonyl (C=O) groups is 1. The van der Waals surface area contributed by atoms with Crippen molar-refractivity contribution in [3.8, 4) is 0 Å². The van der Waals surface area contributed by atoms with Crippen molar-refractivity contribution in [2.24, 2.45) is 5.73 Å².